The van der Waals surface area contributed by atoms with Gasteiger partial charge in [-0.05, 0) is 29.8 Å². The second-order valence-electron chi connectivity index (χ2n) is 6.45. The molecule has 1 aliphatic heterocycles. The first-order valence-corrected chi connectivity index (χ1v) is 10.9. The Hall–Kier alpha value is -2.55. The number of hydrogen-bond donors (Lipinski definition) is 0. The molecule has 1 fully saturated rings. The van der Waals surface area contributed by atoms with Gasteiger partial charge in [0.25, 0.3) is 5.91 Å². The second-order valence-corrected chi connectivity index (χ2v) is 8.53. The van der Waals surface area contributed by atoms with Gasteiger partial charge in [-0.2, -0.15) is 0 Å². The topological polar surface area (TPSA) is 65.1 Å². The van der Waals surface area contributed by atoms with Gasteiger partial charge in [0.2, 0.25) is 0 Å². The fraction of sp³-hybridized carbons (Fsp3) is 0.227. The van der Waals surface area contributed by atoms with Crippen molar-refractivity contribution in [3.05, 3.63) is 63.5 Å². The van der Waals surface area contributed by atoms with E-state index in [1.54, 1.807) is 25.3 Å². The zero-order valence-corrected chi connectivity index (χ0v) is 19.3. The molecule has 3 rings (SSSR count). The number of hydrogen-bond acceptors (Lipinski definition) is 7. The van der Waals surface area contributed by atoms with Crippen LogP contribution in [-0.2, 0) is 20.9 Å². The molecule has 0 atom stereocenters. The third kappa shape index (κ3) is 5.78. The minimum atomic E-state index is -0.393. The molecular weight excluding hydrogens is 458 g/mol. The van der Waals surface area contributed by atoms with E-state index in [1.165, 1.54) is 23.8 Å². The quantitative estimate of drug-likeness (QED) is 0.310. The van der Waals surface area contributed by atoms with E-state index in [0.717, 1.165) is 11.1 Å². The summed E-state index contributed by atoms with van der Waals surface area (Å²) in [7, 11) is 2.86. The first-order valence-electron chi connectivity index (χ1n) is 9.29. The number of amides is 1. The van der Waals surface area contributed by atoms with E-state index < -0.39 is 5.97 Å². The summed E-state index contributed by atoms with van der Waals surface area (Å²) >= 11 is 12.6. The molecule has 2 aromatic carbocycles. The van der Waals surface area contributed by atoms with Crippen LogP contribution in [0.25, 0.3) is 6.08 Å². The first kappa shape index (κ1) is 23.1. The lowest BCUT2D eigenvalue weighted by Gasteiger charge is -2.13. The van der Waals surface area contributed by atoms with E-state index in [9.17, 15) is 9.59 Å². The molecule has 0 aromatic heterocycles. The van der Waals surface area contributed by atoms with Crippen molar-refractivity contribution in [1.29, 1.82) is 0 Å². The molecule has 0 saturated carbocycles. The molecule has 9 heteroatoms. The Morgan fingerprint density at radius 2 is 1.97 bits per heavy atom. The molecule has 0 N–H and O–H groups in total. The van der Waals surface area contributed by atoms with Gasteiger partial charge >= 0.3 is 5.97 Å². The highest BCUT2D eigenvalue weighted by Gasteiger charge is 2.32. The third-order valence-corrected chi connectivity index (χ3v) is 6.21. The van der Waals surface area contributed by atoms with Crippen LogP contribution in [0, 0.1) is 0 Å². The Labute approximate surface area is 195 Å². The number of thioether (sulfide) groups is 1. The summed E-state index contributed by atoms with van der Waals surface area (Å²) in [6.45, 7) is 0.487. The summed E-state index contributed by atoms with van der Waals surface area (Å²) in [4.78, 5) is 25.9. The normalized spacial score (nSPS) is 14.8. The zero-order chi connectivity index (χ0) is 22.4. The van der Waals surface area contributed by atoms with Gasteiger partial charge in [-0.25, -0.2) is 0 Å². The number of carbonyl (C=O) groups is 2. The van der Waals surface area contributed by atoms with Crippen LogP contribution < -0.4 is 9.47 Å². The molecule has 0 radical (unpaired) electrons. The van der Waals surface area contributed by atoms with E-state index in [4.69, 9.17) is 33.3 Å². The molecule has 2 aromatic rings. The van der Waals surface area contributed by atoms with Crippen LogP contribution in [0.5, 0.6) is 11.5 Å². The van der Waals surface area contributed by atoms with E-state index in [2.05, 4.69) is 4.74 Å². The number of ether oxygens (including phenoxy) is 3. The average Bonchev–Trinajstić information content (AvgIpc) is 3.04. The minimum absolute atomic E-state index is 0.0848. The zero-order valence-electron chi connectivity index (χ0n) is 16.9. The van der Waals surface area contributed by atoms with Crippen molar-refractivity contribution in [2.75, 3.05) is 20.8 Å². The van der Waals surface area contributed by atoms with Crippen molar-refractivity contribution in [2.45, 2.75) is 13.0 Å². The SMILES string of the molecule is COC(=O)CCN1C(=O)/C(=C/c2ccc(OCc3ccccc3Cl)c(OC)c2)SC1=S. The number of methoxy groups -OCH3 is 2. The Morgan fingerprint density at radius 3 is 2.68 bits per heavy atom. The molecule has 0 unspecified atom stereocenters. The first-order chi connectivity index (χ1) is 14.9. The van der Waals surface area contributed by atoms with Crippen LogP contribution in [0.4, 0.5) is 0 Å². The fourth-order valence-electron chi connectivity index (χ4n) is 2.81. The van der Waals surface area contributed by atoms with E-state index in [0.29, 0.717) is 32.4 Å². The molecule has 1 aliphatic rings. The van der Waals surface area contributed by atoms with Gasteiger partial charge in [-0.3, -0.25) is 14.5 Å². The van der Waals surface area contributed by atoms with Crippen molar-refractivity contribution >= 4 is 57.9 Å². The number of rotatable bonds is 8. The van der Waals surface area contributed by atoms with Crippen LogP contribution in [0.15, 0.2) is 47.4 Å². The summed E-state index contributed by atoms with van der Waals surface area (Å²) in [6, 6.07) is 12.8. The van der Waals surface area contributed by atoms with Crippen LogP contribution in [-0.4, -0.2) is 41.9 Å². The molecule has 1 heterocycles. The largest absolute Gasteiger partial charge is 0.493 e. The highest BCUT2D eigenvalue weighted by Crippen LogP contribution is 2.35. The predicted molar refractivity (Wildman–Crippen MR) is 125 cm³/mol. The lowest BCUT2D eigenvalue weighted by molar-refractivity contribution is -0.140. The van der Waals surface area contributed by atoms with Gasteiger partial charge in [0.15, 0.2) is 11.5 Å². The summed E-state index contributed by atoms with van der Waals surface area (Å²) in [6.07, 6.45) is 1.82. The third-order valence-electron chi connectivity index (χ3n) is 4.47. The summed E-state index contributed by atoms with van der Waals surface area (Å²) in [5.74, 6) is 0.458. The Kier molecular flexibility index (Phi) is 7.95. The number of benzene rings is 2. The van der Waals surface area contributed by atoms with Crippen LogP contribution in [0.3, 0.4) is 0 Å². The summed E-state index contributed by atoms with van der Waals surface area (Å²) < 4.78 is 16.3. The maximum absolute atomic E-state index is 12.7. The summed E-state index contributed by atoms with van der Waals surface area (Å²) in [5.41, 5.74) is 1.63. The molecule has 31 heavy (non-hydrogen) atoms. The molecule has 1 amide bonds. The highest BCUT2D eigenvalue weighted by atomic mass is 35.5. The summed E-state index contributed by atoms with van der Waals surface area (Å²) in [5, 5.41) is 0.632. The number of nitrogens with zero attached hydrogens (tertiary/aromatic N) is 1. The lowest BCUT2D eigenvalue weighted by atomic mass is 10.1. The van der Waals surface area contributed by atoms with Gasteiger partial charge in [0.1, 0.15) is 10.9 Å². The standard InChI is InChI=1S/C22H20ClNO5S2/c1-27-18-11-14(7-8-17(18)29-13-15-5-3-4-6-16(15)23)12-19-21(26)24(22(30)31-19)10-9-20(25)28-2/h3-8,11-12H,9-10,13H2,1-2H3/b19-12-. The smallest absolute Gasteiger partial charge is 0.307 e. The molecule has 0 aliphatic carbocycles. The predicted octanol–water partition coefficient (Wildman–Crippen LogP) is 4.69. The second kappa shape index (κ2) is 10.7. The fourth-order valence-corrected chi connectivity index (χ4v) is 4.31. The number of halogens is 1. The van der Waals surface area contributed by atoms with E-state index in [1.807, 2.05) is 30.3 Å². The molecule has 0 bridgehead atoms. The van der Waals surface area contributed by atoms with Crippen molar-refractivity contribution < 1.29 is 23.8 Å². The van der Waals surface area contributed by atoms with Gasteiger partial charge in [-0.1, -0.05) is 59.8 Å². The minimum Gasteiger partial charge on any atom is -0.493 e. The van der Waals surface area contributed by atoms with Crippen LogP contribution >= 0.6 is 35.6 Å². The van der Waals surface area contributed by atoms with Crippen molar-refractivity contribution in [3.8, 4) is 11.5 Å². The molecule has 1 saturated heterocycles. The van der Waals surface area contributed by atoms with Gasteiger partial charge in [-0.15, -0.1) is 0 Å². The van der Waals surface area contributed by atoms with Crippen LogP contribution in [0.1, 0.15) is 17.5 Å². The van der Waals surface area contributed by atoms with Crippen molar-refractivity contribution in [1.82, 2.24) is 4.90 Å². The molecular formula is C22H20ClNO5S2. The average molecular weight is 478 g/mol. The van der Waals surface area contributed by atoms with Crippen molar-refractivity contribution in [3.63, 3.8) is 0 Å². The lowest BCUT2D eigenvalue weighted by Crippen LogP contribution is -2.30. The van der Waals surface area contributed by atoms with Gasteiger partial charge in [0.05, 0.1) is 25.5 Å². The number of esters is 1. The molecule has 0 spiro atoms. The number of thiocarbonyl (C=S) groups is 1. The Balaban J connectivity index is 1.72. The van der Waals surface area contributed by atoms with Crippen LogP contribution in [0.2, 0.25) is 5.02 Å². The van der Waals surface area contributed by atoms with Gasteiger partial charge in [0, 0.05) is 17.1 Å². The highest BCUT2D eigenvalue weighted by molar-refractivity contribution is 8.26. The van der Waals surface area contributed by atoms with Gasteiger partial charge < -0.3 is 14.2 Å². The molecule has 162 valence electrons. The van der Waals surface area contributed by atoms with E-state index in [-0.39, 0.29) is 18.9 Å². The number of carbonyl (C=O) groups excluding carboxylic acids is 2. The van der Waals surface area contributed by atoms with E-state index >= 15 is 0 Å². The van der Waals surface area contributed by atoms with Crippen molar-refractivity contribution in [2.24, 2.45) is 0 Å². The molecule has 6 nitrogen and oxygen atoms in total. The monoisotopic (exact) mass is 477 g/mol. The maximum atomic E-state index is 12.7. The Bertz CT molecular complexity index is 1040. The Morgan fingerprint density at radius 1 is 1.19 bits per heavy atom. The maximum Gasteiger partial charge on any atom is 0.307 e.